The van der Waals surface area contributed by atoms with Crippen LogP contribution in [0.25, 0.3) is 0 Å². The Bertz CT molecular complexity index is 1270. The second-order valence-electron chi connectivity index (χ2n) is 8.93. The fourth-order valence-electron chi connectivity index (χ4n) is 4.73. The molecule has 0 aliphatic carbocycles. The summed E-state index contributed by atoms with van der Waals surface area (Å²) in [6.45, 7) is 5.70. The standard InChI is InChI=1S/C24H24ClFN6O2S.C2H6/c1-30(2)22(33)14-8-15(28-20(9-14)29-24-27-6-7-35-24)11-31-12-17-10-16(31)13-32(17)23(34)18-4-3-5-19(25)21(18)26;1-2/h3-9,16-17H,10-13H2,1-2H3,(H,27,28,29);1-2H3/t16-,17-;/m1./s1. The average Bonchev–Trinajstić information content (AvgIpc) is 3.64. The zero-order valence-electron chi connectivity index (χ0n) is 21.2. The lowest BCUT2D eigenvalue weighted by Crippen LogP contribution is -2.48. The van der Waals surface area contributed by atoms with Crippen molar-refractivity contribution in [2.45, 2.75) is 38.9 Å². The first-order chi connectivity index (χ1) is 17.8. The second-order valence-corrected chi connectivity index (χ2v) is 10.2. The monoisotopic (exact) mass is 544 g/mol. The number of rotatable bonds is 6. The summed E-state index contributed by atoms with van der Waals surface area (Å²) in [6.07, 6.45) is 2.51. The van der Waals surface area contributed by atoms with Gasteiger partial charge in [0.25, 0.3) is 11.8 Å². The lowest BCUT2D eigenvalue weighted by molar-refractivity contribution is 0.0609. The molecule has 11 heteroatoms. The highest BCUT2D eigenvalue weighted by molar-refractivity contribution is 7.13. The summed E-state index contributed by atoms with van der Waals surface area (Å²) in [5.41, 5.74) is 1.30. The van der Waals surface area contributed by atoms with E-state index in [-0.39, 0.29) is 34.5 Å². The molecule has 2 aliphatic heterocycles. The van der Waals surface area contributed by atoms with Gasteiger partial charge in [-0.2, -0.15) is 0 Å². The number of fused-ring (bicyclic) bond motifs is 2. The summed E-state index contributed by atoms with van der Waals surface area (Å²) in [7, 11) is 3.42. The lowest BCUT2D eigenvalue weighted by atomic mass is 10.1. The maximum absolute atomic E-state index is 14.4. The van der Waals surface area contributed by atoms with Crippen molar-refractivity contribution in [3.05, 3.63) is 69.6 Å². The van der Waals surface area contributed by atoms with Crippen molar-refractivity contribution in [2.24, 2.45) is 0 Å². The van der Waals surface area contributed by atoms with Crippen LogP contribution in [0, 0.1) is 5.82 Å². The van der Waals surface area contributed by atoms with E-state index < -0.39 is 5.82 Å². The van der Waals surface area contributed by atoms with Crippen molar-refractivity contribution in [3.8, 4) is 0 Å². The van der Waals surface area contributed by atoms with E-state index in [0.29, 0.717) is 36.1 Å². The molecule has 0 unspecified atom stereocenters. The predicted octanol–water partition coefficient (Wildman–Crippen LogP) is 4.90. The minimum atomic E-state index is -0.675. The third-order valence-electron chi connectivity index (χ3n) is 6.36. The predicted molar refractivity (Wildman–Crippen MR) is 144 cm³/mol. The number of piperazine rings is 1. The summed E-state index contributed by atoms with van der Waals surface area (Å²) in [4.78, 5) is 40.2. The van der Waals surface area contributed by atoms with Crippen molar-refractivity contribution >= 4 is 45.7 Å². The minimum absolute atomic E-state index is 0.00562. The normalized spacial score (nSPS) is 18.4. The number of thiazole rings is 1. The van der Waals surface area contributed by atoms with Crippen LogP contribution in [-0.4, -0.2) is 75.8 Å². The Kier molecular flexibility index (Phi) is 8.41. The van der Waals surface area contributed by atoms with Gasteiger partial charge in [-0.05, 0) is 30.7 Å². The van der Waals surface area contributed by atoms with Crippen molar-refractivity contribution in [1.82, 2.24) is 24.7 Å². The summed E-state index contributed by atoms with van der Waals surface area (Å²) in [6, 6.07) is 8.16. The first-order valence-corrected chi connectivity index (χ1v) is 13.4. The molecule has 1 N–H and O–H groups in total. The molecule has 2 saturated heterocycles. The van der Waals surface area contributed by atoms with Gasteiger partial charge in [0.05, 0.1) is 16.3 Å². The summed E-state index contributed by atoms with van der Waals surface area (Å²) < 4.78 is 14.4. The zero-order valence-corrected chi connectivity index (χ0v) is 22.8. The smallest absolute Gasteiger partial charge is 0.257 e. The van der Waals surface area contributed by atoms with Crippen LogP contribution in [0.2, 0.25) is 5.02 Å². The van der Waals surface area contributed by atoms with Crippen LogP contribution in [0.3, 0.4) is 0 Å². The lowest BCUT2D eigenvalue weighted by Gasteiger charge is -2.34. The van der Waals surface area contributed by atoms with E-state index in [1.807, 2.05) is 25.3 Å². The van der Waals surface area contributed by atoms with Gasteiger partial charge in [-0.15, -0.1) is 11.3 Å². The fraction of sp³-hybridized carbons (Fsp3) is 0.385. The Balaban J connectivity index is 0.00000156. The third-order valence-corrected chi connectivity index (χ3v) is 7.34. The third kappa shape index (κ3) is 5.76. The number of benzene rings is 1. The SMILES string of the molecule is CC.CN(C)C(=O)c1cc(CN2C[C@H]3C[C@@H]2CN3C(=O)c2cccc(Cl)c2F)nc(Nc2nccs2)c1. The molecule has 2 atom stereocenters. The number of pyridine rings is 1. The van der Waals surface area contributed by atoms with E-state index in [1.54, 1.807) is 37.3 Å². The molecule has 8 nitrogen and oxygen atoms in total. The number of anilines is 2. The van der Waals surface area contributed by atoms with Gasteiger partial charge in [0.15, 0.2) is 10.9 Å². The fourth-order valence-corrected chi connectivity index (χ4v) is 5.44. The van der Waals surface area contributed by atoms with E-state index in [0.717, 1.165) is 12.1 Å². The molecule has 2 amide bonds. The highest BCUT2D eigenvalue weighted by Crippen LogP contribution is 2.34. The van der Waals surface area contributed by atoms with Crippen LogP contribution in [0.5, 0.6) is 0 Å². The zero-order chi connectivity index (χ0) is 26.7. The number of likely N-dealkylation sites (tertiary alicyclic amines) is 2. The van der Waals surface area contributed by atoms with Gasteiger partial charge in [0, 0.05) is 63.0 Å². The number of amides is 2. The molecule has 0 saturated carbocycles. The van der Waals surface area contributed by atoms with Crippen LogP contribution in [0.1, 0.15) is 46.7 Å². The van der Waals surface area contributed by atoms with E-state index in [1.165, 1.54) is 28.4 Å². The number of hydrogen-bond acceptors (Lipinski definition) is 7. The number of carbonyl (C=O) groups excluding carboxylic acids is 2. The summed E-state index contributed by atoms with van der Waals surface area (Å²) in [5, 5.41) is 5.68. The van der Waals surface area contributed by atoms with E-state index in [9.17, 15) is 14.0 Å². The molecule has 1 aromatic carbocycles. The molecule has 2 bridgehead atoms. The van der Waals surface area contributed by atoms with Crippen molar-refractivity contribution in [3.63, 3.8) is 0 Å². The van der Waals surface area contributed by atoms with Gasteiger partial charge < -0.3 is 15.1 Å². The van der Waals surface area contributed by atoms with Gasteiger partial charge in [-0.25, -0.2) is 14.4 Å². The van der Waals surface area contributed by atoms with Gasteiger partial charge in [-0.1, -0.05) is 31.5 Å². The molecule has 3 aromatic rings. The first-order valence-electron chi connectivity index (χ1n) is 12.2. The average molecular weight is 545 g/mol. The summed E-state index contributed by atoms with van der Waals surface area (Å²) >= 11 is 7.32. The number of nitrogens with one attached hydrogen (secondary N) is 1. The van der Waals surface area contributed by atoms with Gasteiger partial charge in [-0.3, -0.25) is 14.5 Å². The molecule has 37 heavy (non-hydrogen) atoms. The molecule has 2 aliphatic rings. The van der Waals surface area contributed by atoms with Crippen LogP contribution in [-0.2, 0) is 6.54 Å². The Morgan fingerprint density at radius 3 is 2.65 bits per heavy atom. The van der Waals surface area contributed by atoms with Crippen LogP contribution in [0.15, 0.2) is 41.9 Å². The van der Waals surface area contributed by atoms with Crippen molar-refractivity contribution in [2.75, 3.05) is 32.5 Å². The first kappa shape index (κ1) is 27.0. The van der Waals surface area contributed by atoms with E-state index >= 15 is 0 Å². The highest BCUT2D eigenvalue weighted by Gasteiger charge is 2.45. The Morgan fingerprint density at radius 1 is 1.22 bits per heavy atom. The van der Waals surface area contributed by atoms with Crippen molar-refractivity contribution < 1.29 is 14.0 Å². The van der Waals surface area contributed by atoms with Crippen LogP contribution < -0.4 is 5.32 Å². The number of hydrogen-bond donors (Lipinski definition) is 1. The number of aromatic nitrogens is 2. The van der Waals surface area contributed by atoms with E-state index in [4.69, 9.17) is 16.6 Å². The van der Waals surface area contributed by atoms with Gasteiger partial charge in [0.2, 0.25) is 0 Å². The highest BCUT2D eigenvalue weighted by atomic mass is 35.5. The maximum Gasteiger partial charge on any atom is 0.257 e. The molecule has 5 rings (SSSR count). The molecule has 196 valence electrons. The molecular weight excluding hydrogens is 515 g/mol. The van der Waals surface area contributed by atoms with Crippen molar-refractivity contribution in [1.29, 1.82) is 0 Å². The number of halogens is 2. The number of nitrogens with zero attached hydrogens (tertiary/aromatic N) is 5. The second kappa shape index (κ2) is 11.5. The quantitative estimate of drug-likeness (QED) is 0.475. The minimum Gasteiger partial charge on any atom is -0.345 e. The topological polar surface area (TPSA) is 81.7 Å². The summed E-state index contributed by atoms with van der Waals surface area (Å²) in [5.74, 6) is -0.561. The molecule has 4 heterocycles. The maximum atomic E-state index is 14.4. The Labute approximate surface area is 225 Å². The van der Waals surface area contributed by atoms with Gasteiger partial charge >= 0.3 is 0 Å². The Morgan fingerprint density at radius 2 is 2.00 bits per heavy atom. The van der Waals surface area contributed by atoms with Crippen LogP contribution in [0.4, 0.5) is 15.3 Å². The number of carbonyl (C=O) groups is 2. The molecular formula is C26H30ClFN6O2S. The molecule has 2 aromatic heterocycles. The molecule has 0 radical (unpaired) electrons. The molecule has 0 spiro atoms. The largest absolute Gasteiger partial charge is 0.345 e. The Hall–Kier alpha value is -3.08. The van der Waals surface area contributed by atoms with Gasteiger partial charge in [0.1, 0.15) is 5.82 Å². The van der Waals surface area contributed by atoms with E-state index in [2.05, 4.69) is 15.2 Å². The molecule has 2 fully saturated rings. The van der Waals surface area contributed by atoms with Crippen LogP contribution >= 0.6 is 22.9 Å².